The summed E-state index contributed by atoms with van der Waals surface area (Å²) in [6.07, 6.45) is 3.55. The Hall–Kier alpha value is -3.61. The maximum absolute atomic E-state index is 12.3. The van der Waals surface area contributed by atoms with E-state index in [0.717, 1.165) is 16.8 Å². The summed E-state index contributed by atoms with van der Waals surface area (Å²) >= 11 is 0. The van der Waals surface area contributed by atoms with Gasteiger partial charge in [0.25, 0.3) is 5.91 Å². The first-order valence-electron chi connectivity index (χ1n) is 10.1. The molecule has 0 bridgehead atoms. The fourth-order valence-electron chi connectivity index (χ4n) is 3.03. The molecule has 0 atom stereocenters. The van der Waals surface area contributed by atoms with Gasteiger partial charge in [0.05, 0.1) is 25.5 Å². The normalized spacial score (nSPS) is 13.4. The van der Waals surface area contributed by atoms with Crippen LogP contribution in [0.3, 0.4) is 0 Å². The zero-order chi connectivity index (χ0) is 22.2. The molecule has 2 aromatic carbocycles. The molecule has 2 aromatic rings. The number of benzene rings is 2. The van der Waals surface area contributed by atoms with E-state index in [0.29, 0.717) is 24.5 Å². The molecular weight excluding hydrogens is 396 g/mol. The predicted molar refractivity (Wildman–Crippen MR) is 118 cm³/mol. The highest BCUT2D eigenvalue weighted by Gasteiger charge is 2.22. The minimum absolute atomic E-state index is 0.0199. The Bertz CT molecular complexity index is 983. The maximum atomic E-state index is 12.3. The summed E-state index contributed by atoms with van der Waals surface area (Å²) in [5.41, 5.74) is 2.57. The van der Waals surface area contributed by atoms with Gasteiger partial charge < -0.3 is 14.2 Å². The molecule has 0 saturated carbocycles. The van der Waals surface area contributed by atoms with Crippen LogP contribution in [0, 0.1) is 0 Å². The number of hydrogen-bond donors (Lipinski definition) is 0. The van der Waals surface area contributed by atoms with Crippen molar-refractivity contribution in [1.82, 2.24) is 5.01 Å². The lowest BCUT2D eigenvalue weighted by Gasteiger charge is -2.13. The molecule has 0 unspecified atom stereocenters. The Morgan fingerprint density at radius 1 is 1.13 bits per heavy atom. The van der Waals surface area contributed by atoms with Crippen molar-refractivity contribution in [3.8, 4) is 11.5 Å². The van der Waals surface area contributed by atoms with Gasteiger partial charge in [-0.3, -0.25) is 4.79 Å². The van der Waals surface area contributed by atoms with E-state index in [1.165, 1.54) is 11.1 Å². The number of esters is 1. The van der Waals surface area contributed by atoms with Crippen LogP contribution in [0.4, 0.5) is 0 Å². The molecule has 0 aliphatic carbocycles. The van der Waals surface area contributed by atoms with Gasteiger partial charge in [0.15, 0.2) is 18.1 Å². The van der Waals surface area contributed by atoms with Gasteiger partial charge in [0.1, 0.15) is 0 Å². The lowest BCUT2D eigenvalue weighted by atomic mass is 10.1. The highest BCUT2D eigenvalue weighted by molar-refractivity contribution is 6.02. The summed E-state index contributed by atoms with van der Waals surface area (Å²) in [6.45, 7) is 3.97. The summed E-state index contributed by atoms with van der Waals surface area (Å²) in [4.78, 5) is 24.3. The third kappa shape index (κ3) is 6.18. The second kappa shape index (κ2) is 10.4. The fourth-order valence-corrected chi connectivity index (χ4v) is 3.03. The summed E-state index contributed by atoms with van der Waals surface area (Å²) in [5, 5.41) is 5.69. The Kier molecular flexibility index (Phi) is 7.43. The molecule has 1 amide bonds. The molecular formula is C24H26N2O5. The molecule has 162 valence electrons. The lowest BCUT2D eigenvalue weighted by Crippen LogP contribution is -2.28. The van der Waals surface area contributed by atoms with Gasteiger partial charge in [-0.05, 0) is 43.2 Å². The number of carbonyl (C=O) groups excluding carboxylic acids is 2. The molecule has 7 nitrogen and oxygen atoms in total. The molecule has 0 aromatic heterocycles. The zero-order valence-electron chi connectivity index (χ0n) is 17.9. The monoisotopic (exact) mass is 422 g/mol. The Balaban J connectivity index is 1.52. The Labute approximate surface area is 181 Å². The van der Waals surface area contributed by atoms with E-state index in [1.807, 2.05) is 44.2 Å². The molecule has 7 heteroatoms. The van der Waals surface area contributed by atoms with Crippen molar-refractivity contribution in [1.29, 1.82) is 0 Å². The molecule has 0 saturated heterocycles. The number of ether oxygens (including phenoxy) is 3. The third-order valence-electron chi connectivity index (χ3n) is 4.50. The summed E-state index contributed by atoms with van der Waals surface area (Å²) in [7, 11) is 1.56. The van der Waals surface area contributed by atoms with E-state index in [9.17, 15) is 9.59 Å². The van der Waals surface area contributed by atoms with E-state index in [2.05, 4.69) is 5.10 Å². The number of hydrogen-bond acceptors (Lipinski definition) is 6. The minimum Gasteiger partial charge on any atom is -0.493 e. The second-order valence-corrected chi connectivity index (χ2v) is 7.20. The molecule has 1 aliphatic rings. The summed E-state index contributed by atoms with van der Waals surface area (Å²) < 4.78 is 16.1. The highest BCUT2D eigenvalue weighted by atomic mass is 16.5. The first-order valence-corrected chi connectivity index (χ1v) is 10.1. The summed E-state index contributed by atoms with van der Waals surface area (Å²) in [6, 6.07) is 15.0. The van der Waals surface area contributed by atoms with Crippen molar-refractivity contribution >= 4 is 23.7 Å². The van der Waals surface area contributed by atoms with E-state index in [1.54, 1.807) is 31.4 Å². The molecule has 0 spiro atoms. The molecule has 1 aliphatic heterocycles. The average molecular weight is 422 g/mol. The molecule has 1 heterocycles. The SMILES string of the molecule is COc1cc(/C=C/C(=O)OCC(=O)N2CCC(c3ccccc3)=N2)ccc1OC(C)C. The number of amides is 1. The topological polar surface area (TPSA) is 77.4 Å². The van der Waals surface area contributed by atoms with Crippen LogP contribution in [-0.4, -0.2) is 49.0 Å². The van der Waals surface area contributed by atoms with Crippen molar-refractivity contribution < 1.29 is 23.8 Å². The van der Waals surface area contributed by atoms with Crippen molar-refractivity contribution in [2.24, 2.45) is 5.10 Å². The molecule has 0 fully saturated rings. The lowest BCUT2D eigenvalue weighted by molar-refractivity contribution is -0.147. The van der Waals surface area contributed by atoms with Crippen LogP contribution in [0.2, 0.25) is 0 Å². The van der Waals surface area contributed by atoms with Crippen molar-refractivity contribution in [2.75, 3.05) is 20.3 Å². The average Bonchev–Trinajstić information content (AvgIpc) is 3.27. The Morgan fingerprint density at radius 2 is 1.90 bits per heavy atom. The van der Waals surface area contributed by atoms with Gasteiger partial charge in [0, 0.05) is 12.5 Å². The summed E-state index contributed by atoms with van der Waals surface area (Å²) in [5.74, 6) is 0.232. The van der Waals surface area contributed by atoms with Gasteiger partial charge in [-0.25, -0.2) is 9.80 Å². The number of carbonyl (C=O) groups is 2. The van der Waals surface area contributed by atoms with Crippen LogP contribution >= 0.6 is 0 Å². The second-order valence-electron chi connectivity index (χ2n) is 7.20. The minimum atomic E-state index is -0.610. The number of methoxy groups -OCH3 is 1. The highest BCUT2D eigenvalue weighted by Crippen LogP contribution is 2.29. The number of rotatable bonds is 8. The Morgan fingerprint density at radius 3 is 2.61 bits per heavy atom. The first-order chi connectivity index (χ1) is 15.0. The molecule has 31 heavy (non-hydrogen) atoms. The largest absolute Gasteiger partial charge is 0.493 e. The molecule has 0 N–H and O–H groups in total. The van der Waals surface area contributed by atoms with E-state index < -0.39 is 5.97 Å². The predicted octanol–water partition coefficient (Wildman–Crippen LogP) is 3.68. The smallest absolute Gasteiger partial charge is 0.331 e. The van der Waals surface area contributed by atoms with Gasteiger partial charge in [0.2, 0.25) is 0 Å². The van der Waals surface area contributed by atoms with Crippen molar-refractivity contribution in [3.63, 3.8) is 0 Å². The van der Waals surface area contributed by atoms with Gasteiger partial charge in [-0.15, -0.1) is 0 Å². The molecule has 3 rings (SSSR count). The third-order valence-corrected chi connectivity index (χ3v) is 4.50. The van der Waals surface area contributed by atoms with E-state index in [-0.39, 0.29) is 18.6 Å². The van der Waals surface area contributed by atoms with Crippen LogP contribution in [-0.2, 0) is 14.3 Å². The van der Waals surface area contributed by atoms with Crippen LogP contribution < -0.4 is 9.47 Å². The standard InChI is InChI=1S/C24H26N2O5/c1-17(2)31-21-11-9-18(15-22(21)29-3)10-12-24(28)30-16-23(27)26-14-13-20(25-26)19-7-5-4-6-8-19/h4-12,15,17H,13-14,16H2,1-3H3/b12-10+. The molecule has 0 radical (unpaired) electrons. The zero-order valence-corrected chi connectivity index (χ0v) is 17.9. The van der Waals surface area contributed by atoms with E-state index in [4.69, 9.17) is 14.2 Å². The van der Waals surface area contributed by atoms with Crippen LogP contribution in [0.25, 0.3) is 6.08 Å². The van der Waals surface area contributed by atoms with Crippen LogP contribution in [0.15, 0.2) is 59.7 Å². The van der Waals surface area contributed by atoms with Crippen LogP contribution in [0.1, 0.15) is 31.4 Å². The van der Waals surface area contributed by atoms with Crippen molar-refractivity contribution in [3.05, 3.63) is 65.7 Å². The van der Waals surface area contributed by atoms with Crippen molar-refractivity contribution in [2.45, 2.75) is 26.4 Å². The van der Waals surface area contributed by atoms with E-state index >= 15 is 0 Å². The maximum Gasteiger partial charge on any atom is 0.331 e. The van der Waals surface area contributed by atoms with Gasteiger partial charge in [-0.1, -0.05) is 36.4 Å². The first kappa shape index (κ1) is 22.1. The fraction of sp³-hybridized carbons (Fsp3) is 0.292. The van der Waals surface area contributed by atoms with Gasteiger partial charge >= 0.3 is 5.97 Å². The number of nitrogens with zero attached hydrogens (tertiary/aromatic N) is 2. The van der Waals surface area contributed by atoms with Crippen LogP contribution in [0.5, 0.6) is 11.5 Å². The van der Waals surface area contributed by atoms with Gasteiger partial charge in [-0.2, -0.15) is 5.10 Å². The number of hydrazone groups is 1. The quantitative estimate of drug-likeness (QED) is 0.479.